The van der Waals surface area contributed by atoms with Crippen LogP contribution in [0.3, 0.4) is 0 Å². The summed E-state index contributed by atoms with van der Waals surface area (Å²) in [5, 5.41) is 0. The van der Waals surface area contributed by atoms with Crippen LogP contribution >= 0.6 is 0 Å². The van der Waals surface area contributed by atoms with Gasteiger partial charge in [0.05, 0.1) is 0 Å². The number of aliphatic imine (C=N–C) groups is 1. The molecule has 0 aromatic carbocycles. The zero-order valence-corrected chi connectivity index (χ0v) is 15.0. The molecule has 1 nitrogen and oxygen atoms in total. The number of rotatable bonds is 1. The first-order valence-electron chi connectivity index (χ1n) is 8.11. The van der Waals surface area contributed by atoms with E-state index in [9.17, 15) is 0 Å². The van der Waals surface area contributed by atoms with E-state index >= 15 is 0 Å². The van der Waals surface area contributed by atoms with E-state index < -0.39 is 0 Å². The maximum Gasteiger partial charge on any atom is 0.0391 e. The zero-order chi connectivity index (χ0) is 15.5. The molecule has 0 N–H and O–H groups in total. The molecule has 0 saturated heterocycles. The van der Waals surface area contributed by atoms with E-state index in [1.54, 1.807) is 0 Å². The molecule has 0 fully saturated rings. The van der Waals surface area contributed by atoms with Crippen molar-refractivity contribution in [2.75, 3.05) is 0 Å². The zero-order valence-electron chi connectivity index (χ0n) is 15.0. The fraction of sp³-hybridized carbons (Fsp3) is 0.833. The largest absolute Gasteiger partial charge is 0.263 e. The molecule has 0 spiro atoms. The first-order valence-corrected chi connectivity index (χ1v) is 8.11. The molecule has 0 aromatic heterocycles. The lowest BCUT2D eigenvalue weighted by molar-refractivity contribution is 0.293. The van der Waals surface area contributed by atoms with Crippen molar-refractivity contribution in [3.63, 3.8) is 0 Å². The lowest BCUT2D eigenvalue weighted by Crippen LogP contribution is -2.13. The molecule has 0 heterocycles. The maximum atomic E-state index is 4.66. The molecule has 1 aliphatic rings. The molecule has 0 bridgehead atoms. The van der Waals surface area contributed by atoms with Gasteiger partial charge in [0, 0.05) is 11.4 Å². The first kappa shape index (κ1) is 20.7. The van der Waals surface area contributed by atoms with Crippen LogP contribution in [0.5, 0.6) is 0 Å². The Bertz CT molecular complexity index is 278. The van der Waals surface area contributed by atoms with Crippen molar-refractivity contribution in [3.05, 3.63) is 11.3 Å². The summed E-state index contributed by atoms with van der Waals surface area (Å²) < 4.78 is 0. The highest BCUT2D eigenvalue weighted by molar-refractivity contribution is 5.80. The first-order chi connectivity index (χ1) is 8.91. The van der Waals surface area contributed by atoms with Gasteiger partial charge in [-0.15, -0.1) is 0 Å². The third-order valence-electron chi connectivity index (χ3n) is 3.30. The molecule has 0 aliphatic heterocycles. The molecule has 0 amide bonds. The fourth-order valence-electron chi connectivity index (χ4n) is 2.16. The summed E-state index contributed by atoms with van der Waals surface area (Å²) in [5.74, 6) is 0. The Morgan fingerprint density at radius 3 is 1.95 bits per heavy atom. The molecule has 19 heavy (non-hydrogen) atoms. The van der Waals surface area contributed by atoms with Gasteiger partial charge in [0.25, 0.3) is 0 Å². The monoisotopic (exact) mass is 267 g/mol. The van der Waals surface area contributed by atoms with Crippen molar-refractivity contribution in [1.29, 1.82) is 0 Å². The highest BCUT2D eigenvalue weighted by atomic mass is 14.8. The Kier molecular flexibility index (Phi) is 12.3. The average molecular weight is 268 g/mol. The van der Waals surface area contributed by atoms with Gasteiger partial charge in [-0.3, -0.25) is 4.99 Å². The molecule has 0 atom stereocenters. The van der Waals surface area contributed by atoms with Gasteiger partial charge in [0.2, 0.25) is 0 Å². The molecule has 0 aromatic rings. The topological polar surface area (TPSA) is 12.4 Å². The molecular formula is C18H37N. The van der Waals surface area contributed by atoms with Crippen molar-refractivity contribution in [1.82, 2.24) is 0 Å². The maximum absolute atomic E-state index is 4.66. The van der Waals surface area contributed by atoms with Gasteiger partial charge >= 0.3 is 0 Å². The molecule has 0 radical (unpaired) electrons. The van der Waals surface area contributed by atoms with Crippen molar-refractivity contribution in [3.8, 4) is 0 Å². The highest BCUT2D eigenvalue weighted by Crippen LogP contribution is 2.35. The third-order valence-corrected chi connectivity index (χ3v) is 3.30. The summed E-state index contributed by atoms with van der Waals surface area (Å²) in [7, 11) is 0. The second-order valence-electron chi connectivity index (χ2n) is 5.80. The van der Waals surface area contributed by atoms with Crippen molar-refractivity contribution >= 4 is 5.71 Å². The van der Waals surface area contributed by atoms with Crippen LogP contribution in [-0.2, 0) is 0 Å². The van der Waals surface area contributed by atoms with E-state index in [0.717, 1.165) is 0 Å². The number of allylic oxidation sites excluding steroid dienone is 2. The van der Waals surface area contributed by atoms with Crippen LogP contribution in [0, 0.1) is 5.41 Å². The second-order valence-corrected chi connectivity index (χ2v) is 5.80. The van der Waals surface area contributed by atoms with Crippen LogP contribution in [0.15, 0.2) is 16.3 Å². The molecule has 1 heteroatoms. The molecule has 114 valence electrons. The number of nitrogens with zero attached hydrogens (tertiary/aromatic N) is 1. The third kappa shape index (κ3) is 9.92. The van der Waals surface area contributed by atoms with Crippen molar-refractivity contribution in [2.45, 2.75) is 94.4 Å². The van der Waals surface area contributed by atoms with Gasteiger partial charge in [-0.1, -0.05) is 47.1 Å². The van der Waals surface area contributed by atoms with Crippen LogP contribution in [0.1, 0.15) is 94.4 Å². The van der Waals surface area contributed by atoms with Gasteiger partial charge in [-0.25, -0.2) is 0 Å². The van der Waals surface area contributed by atoms with Crippen LogP contribution in [-0.4, -0.2) is 5.71 Å². The Morgan fingerprint density at radius 1 is 0.947 bits per heavy atom. The highest BCUT2D eigenvalue weighted by Gasteiger charge is 2.20. The molecule has 0 unspecified atom stereocenters. The molecular weight excluding hydrogens is 230 g/mol. The Labute approximate surface area is 122 Å². The quantitative estimate of drug-likeness (QED) is 0.464. The summed E-state index contributed by atoms with van der Waals surface area (Å²) in [6.45, 7) is 19.2. The van der Waals surface area contributed by atoms with Crippen molar-refractivity contribution < 1.29 is 0 Å². The van der Waals surface area contributed by atoms with E-state index in [2.05, 4.69) is 39.6 Å². The summed E-state index contributed by atoms with van der Waals surface area (Å²) in [5.41, 5.74) is 4.57. The predicted molar refractivity (Wildman–Crippen MR) is 91.0 cm³/mol. The van der Waals surface area contributed by atoms with E-state index in [-0.39, 0.29) is 0 Å². The normalized spacial score (nSPS) is 21.7. The summed E-state index contributed by atoms with van der Waals surface area (Å²) in [4.78, 5) is 4.66. The van der Waals surface area contributed by atoms with Crippen LogP contribution in [0.4, 0.5) is 0 Å². The number of hydrogen-bond acceptors (Lipinski definition) is 1. The van der Waals surface area contributed by atoms with Crippen LogP contribution in [0.25, 0.3) is 0 Å². The van der Waals surface area contributed by atoms with E-state index in [1.807, 2.05) is 27.7 Å². The van der Waals surface area contributed by atoms with Gasteiger partial charge < -0.3 is 0 Å². The van der Waals surface area contributed by atoms with E-state index in [4.69, 9.17) is 0 Å². The summed E-state index contributed by atoms with van der Waals surface area (Å²) in [6, 6.07) is 0. The SMILES string of the molecule is CC.CC.CC(C)=N/C1=C(\C)CCC(C)(C)CCC1. The van der Waals surface area contributed by atoms with Gasteiger partial charge in [0.15, 0.2) is 0 Å². The molecule has 1 rings (SSSR count). The average Bonchev–Trinajstić information content (AvgIpc) is 2.38. The fourth-order valence-corrected chi connectivity index (χ4v) is 2.16. The second kappa shape index (κ2) is 11.3. The van der Waals surface area contributed by atoms with Gasteiger partial charge in [-0.2, -0.15) is 0 Å². The minimum absolute atomic E-state index is 0.526. The predicted octanol–water partition coefficient (Wildman–Crippen LogP) is 6.78. The summed E-state index contributed by atoms with van der Waals surface area (Å²) >= 11 is 0. The van der Waals surface area contributed by atoms with Gasteiger partial charge in [-0.05, 0) is 58.3 Å². The van der Waals surface area contributed by atoms with Crippen LogP contribution in [0.2, 0.25) is 0 Å². The minimum Gasteiger partial charge on any atom is -0.263 e. The lowest BCUT2D eigenvalue weighted by atomic mass is 9.79. The van der Waals surface area contributed by atoms with Gasteiger partial charge in [0.1, 0.15) is 0 Å². The van der Waals surface area contributed by atoms with Crippen molar-refractivity contribution in [2.24, 2.45) is 10.4 Å². The Balaban J connectivity index is 0. The number of hydrogen-bond donors (Lipinski definition) is 0. The Hall–Kier alpha value is -0.590. The standard InChI is InChI=1S/C14H25N.2C2H6/c1-11(2)15-13-7-6-9-14(4,5)10-8-12(13)3;2*1-2/h6-10H2,1-5H3;2*1-2H3/b13-12+;;. The van der Waals surface area contributed by atoms with Crippen LogP contribution < -0.4 is 0 Å². The van der Waals surface area contributed by atoms with E-state index in [1.165, 1.54) is 49.1 Å². The smallest absolute Gasteiger partial charge is 0.0391 e. The molecule has 1 aliphatic carbocycles. The Morgan fingerprint density at radius 2 is 1.47 bits per heavy atom. The summed E-state index contributed by atoms with van der Waals surface area (Å²) in [6.07, 6.45) is 6.32. The minimum atomic E-state index is 0.526. The lowest BCUT2D eigenvalue weighted by Gasteiger charge is -2.27. The molecule has 0 saturated carbocycles. The van der Waals surface area contributed by atoms with E-state index in [0.29, 0.717) is 5.41 Å².